The SMILES string of the molecule is Cc1ccc(C(C)(C)C)cc1C(CN)c1cc(C(C)(C)C)n[nH]1. The van der Waals surface area contributed by atoms with Gasteiger partial charge in [0.1, 0.15) is 0 Å². The lowest BCUT2D eigenvalue weighted by Crippen LogP contribution is -2.18. The van der Waals surface area contributed by atoms with Crippen molar-refractivity contribution in [2.75, 3.05) is 6.54 Å². The van der Waals surface area contributed by atoms with E-state index in [4.69, 9.17) is 5.73 Å². The zero-order chi connectivity index (χ0) is 17.4. The Hall–Kier alpha value is -1.61. The molecule has 3 N–H and O–H groups in total. The molecule has 0 aliphatic heterocycles. The first-order valence-corrected chi connectivity index (χ1v) is 8.41. The molecule has 0 saturated carbocycles. The molecule has 23 heavy (non-hydrogen) atoms. The van der Waals surface area contributed by atoms with Crippen molar-refractivity contribution >= 4 is 0 Å². The average Bonchev–Trinajstić information content (AvgIpc) is 2.90. The first-order chi connectivity index (χ1) is 10.5. The summed E-state index contributed by atoms with van der Waals surface area (Å²) < 4.78 is 0. The average molecular weight is 313 g/mol. The molecule has 0 radical (unpaired) electrons. The number of nitrogens with zero attached hydrogens (tertiary/aromatic N) is 1. The molecule has 2 rings (SSSR count). The Balaban J connectivity index is 2.47. The van der Waals surface area contributed by atoms with Crippen molar-refractivity contribution in [1.82, 2.24) is 10.2 Å². The molecule has 1 aromatic heterocycles. The largest absolute Gasteiger partial charge is 0.329 e. The van der Waals surface area contributed by atoms with Crippen LogP contribution in [-0.2, 0) is 10.8 Å². The second kappa shape index (κ2) is 6.12. The van der Waals surface area contributed by atoms with Gasteiger partial charge in [0.15, 0.2) is 0 Å². The monoisotopic (exact) mass is 313 g/mol. The van der Waals surface area contributed by atoms with Crippen LogP contribution in [0.3, 0.4) is 0 Å². The predicted molar refractivity (Wildman–Crippen MR) is 98.1 cm³/mol. The summed E-state index contributed by atoms with van der Waals surface area (Å²) >= 11 is 0. The van der Waals surface area contributed by atoms with E-state index in [1.54, 1.807) is 0 Å². The maximum absolute atomic E-state index is 6.14. The number of H-pyrrole nitrogens is 1. The summed E-state index contributed by atoms with van der Waals surface area (Å²) in [7, 11) is 0. The zero-order valence-electron chi connectivity index (χ0n) is 15.6. The Bertz CT molecular complexity index is 669. The smallest absolute Gasteiger partial charge is 0.0678 e. The molecule has 2 aromatic rings. The molecular weight excluding hydrogens is 282 g/mol. The minimum atomic E-state index is 0.0379. The standard InChI is InChI=1S/C20H31N3/c1-13-8-9-14(19(2,3)4)10-15(13)16(12-21)17-11-18(23-22-17)20(5,6)7/h8-11,16H,12,21H2,1-7H3,(H,22,23). The van der Waals surface area contributed by atoms with E-state index in [9.17, 15) is 0 Å². The Morgan fingerprint density at radius 2 is 1.70 bits per heavy atom. The Morgan fingerprint density at radius 1 is 1.04 bits per heavy atom. The Labute approximate surface area is 140 Å². The van der Waals surface area contributed by atoms with Gasteiger partial charge in [0.2, 0.25) is 0 Å². The molecule has 1 atom stereocenters. The maximum Gasteiger partial charge on any atom is 0.0678 e. The number of aryl methyl sites for hydroxylation is 1. The van der Waals surface area contributed by atoms with Gasteiger partial charge in [-0.1, -0.05) is 59.7 Å². The summed E-state index contributed by atoms with van der Waals surface area (Å²) in [5.74, 6) is 0.154. The number of aromatic nitrogens is 2. The molecule has 1 heterocycles. The fourth-order valence-corrected chi connectivity index (χ4v) is 2.80. The van der Waals surface area contributed by atoms with Gasteiger partial charge in [-0.25, -0.2) is 0 Å². The van der Waals surface area contributed by atoms with E-state index in [-0.39, 0.29) is 16.7 Å². The number of nitrogens with one attached hydrogen (secondary N) is 1. The third-order valence-electron chi connectivity index (χ3n) is 4.50. The molecule has 3 nitrogen and oxygen atoms in total. The number of aromatic amines is 1. The Morgan fingerprint density at radius 3 is 2.17 bits per heavy atom. The summed E-state index contributed by atoms with van der Waals surface area (Å²) in [5, 5.41) is 7.72. The zero-order valence-corrected chi connectivity index (χ0v) is 15.6. The molecule has 1 unspecified atom stereocenters. The van der Waals surface area contributed by atoms with E-state index in [0.717, 1.165) is 11.4 Å². The molecule has 0 spiro atoms. The summed E-state index contributed by atoms with van der Waals surface area (Å²) in [5.41, 5.74) is 12.4. The fourth-order valence-electron chi connectivity index (χ4n) is 2.80. The van der Waals surface area contributed by atoms with Gasteiger partial charge in [-0.15, -0.1) is 0 Å². The lowest BCUT2D eigenvalue weighted by atomic mass is 9.82. The first-order valence-electron chi connectivity index (χ1n) is 8.41. The third-order valence-corrected chi connectivity index (χ3v) is 4.50. The third kappa shape index (κ3) is 3.84. The van der Waals surface area contributed by atoms with E-state index in [2.05, 4.69) is 82.9 Å². The highest BCUT2D eigenvalue weighted by atomic mass is 15.1. The van der Waals surface area contributed by atoms with Gasteiger partial charge < -0.3 is 5.73 Å². The highest BCUT2D eigenvalue weighted by Crippen LogP contribution is 2.32. The molecule has 0 aliphatic carbocycles. The van der Waals surface area contributed by atoms with Crippen molar-refractivity contribution in [3.05, 3.63) is 52.3 Å². The van der Waals surface area contributed by atoms with Crippen molar-refractivity contribution in [2.24, 2.45) is 5.73 Å². The fraction of sp³-hybridized carbons (Fsp3) is 0.550. The topological polar surface area (TPSA) is 54.7 Å². The van der Waals surface area contributed by atoms with Gasteiger partial charge >= 0.3 is 0 Å². The van der Waals surface area contributed by atoms with E-state index >= 15 is 0 Å². The molecule has 1 aromatic carbocycles. The van der Waals surface area contributed by atoms with Crippen LogP contribution in [-0.4, -0.2) is 16.7 Å². The van der Waals surface area contributed by atoms with Gasteiger partial charge in [0.05, 0.1) is 5.69 Å². The molecular formula is C20H31N3. The Kier molecular flexibility index (Phi) is 4.72. The molecule has 0 bridgehead atoms. The van der Waals surface area contributed by atoms with Gasteiger partial charge in [0.25, 0.3) is 0 Å². The molecule has 126 valence electrons. The quantitative estimate of drug-likeness (QED) is 0.882. The summed E-state index contributed by atoms with van der Waals surface area (Å²) in [6.07, 6.45) is 0. The molecule has 0 aliphatic rings. The summed E-state index contributed by atoms with van der Waals surface area (Å²) in [4.78, 5) is 0. The van der Waals surface area contributed by atoms with E-state index in [1.807, 2.05) is 0 Å². The van der Waals surface area contributed by atoms with Crippen LogP contribution in [0.4, 0.5) is 0 Å². The van der Waals surface area contributed by atoms with Gasteiger partial charge in [-0.2, -0.15) is 5.10 Å². The van der Waals surface area contributed by atoms with E-state index in [1.165, 1.54) is 16.7 Å². The van der Waals surface area contributed by atoms with E-state index in [0.29, 0.717) is 6.54 Å². The van der Waals surface area contributed by atoms with Crippen LogP contribution in [0.25, 0.3) is 0 Å². The van der Waals surface area contributed by atoms with Crippen molar-refractivity contribution in [3.63, 3.8) is 0 Å². The normalized spacial score (nSPS) is 14.1. The second-order valence-electron chi connectivity index (χ2n) is 8.57. The maximum atomic E-state index is 6.14. The molecule has 0 saturated heterocycles. The minimum Gasteiger partial charge on any atom is -0.329 e. The van der Waals surface area contributed by atoms with Crippen LogP contribution >= 0.6 is 0 Å². The number of nitrogens with two attached hydrogens (primary N) is 1. The number of hydrogen-bond acceptors (Lipinski definition) is 2. The molecule has 3 heteroatoms. The lowest BCUT2D eigenvalue weighted by molar-refractivity contribution is 0.567. The first kappa shape index (κ1) is 17.7. The number of rotatable bonds is 3. The summed E-state index contributed by atoms with van der Waals surface area (Å²) in [6, 6.07) is 8.91. The highest BCUT2D eigenvalue weighted by Gasteiger charge is 2.23. The van der Waals surface area contributed by atoms with Crippen LogP contribution in [0.15, 0.2) is 24.3 Å². The number of hydrogen-bond donors (Lipinski definition) is 2. The van der Waals surface area contributed by atoms with Gasteiger partial charge in [0, 0.05) is 23.6 Å². The van der Waals surface area contributed by atoms with E-state index < -0.39 is 0 Å². The van der Waals surface area contributed by atoms with Crippen LogP contribution in [0.2, 0.25) is 0 Å². The molecule has 0 fully saturated rings. The number of benzene rings is 1. The van der Waals surface area contributed by atoms with Gasteiger partial charge in [-0.05, 0) is 35.1 Å². The minimum absolute atomic E-state index is 0.0379. The lowest BCUT2D eigenvalue weighted by Gasteiger charge is -2.23. The molecule has 0 amide bonds. The van der Waals surface area contributed by atoms with Crippen molar-refractivity contribution in [1.29, 1.82) is 0 Å². The van der Waals surface area contributed by atoms with Crippen LogP contribution in [0, 0.1) is 6.92 Å². The van der Waals surface area contributed by atoms with Crippen LogP contribution in [0.1, 0.15) is 75.5 Å². The highest BCUT2D eigenvalue weighted by molar-refractivity contribution is 5.41. The van der Waals surface area contributed by atoms with Crippen molar-refractivity contribution in [2.45, 2.75) is 65.2 Å². The summed E-state index contributed by atoms with van der Waals surface area (Å²) in [6.45, 7) is 16.0. The second-order valence-corrected chi connectivity index (χ2v) is 8.57. The van der Waals surface area contributed by atoms with Crippen molar-refractivity contribution < 1.29 is 0 Å². The van der Waals surface area contributed by atoms with Crippen LogP contribution in [0.5, 0.6) is 0 Å². The predicted octanol–water partition coefficient (Wildman–Crippen LogP) is 4.40. The van der Waals surface area contributed by atoms with Crippen molar-refractivity contribution in [3.8, 4) is 0 Å². The van der Waals surface area contributed by atoms with Crippen LogP contribution < -0.4 is 5.73 Å². The van der Waals surface area contributed by atoms with Gasteiger partial charge in [-0.3, -0.25) is 5.10 Å².